The molecule has 19 heteroatoms. The number of unbranched alkanes of at least 4 members (excludes halogenated alkanes) is 47. The van der Waals surface area contributed by atoms with Crippen LogP contribution in [0.15, 0.2) is 0 Å². The van der Waals surface area contributed by atoms with E-state index >= 15 is 0 Å². The first-order valence-electron chi connectivity index (χ1n) is 37.8. The highest BCUT2D eigenvalue weighted by Gasteiger charge is 2.30. The van der Waals surface area contributed by atoms with Crippen molar-refractivity contribution in [2.24, 2.45) is 0 Å². The average molecular weight is 1340 g/mol. The number of carbonyl (C=O) groups is 4. The molecular weight excluding hydrogens is 1200 g/mol. The molecule has 0 radical (unpaired) electrons. The van der Waals surface area contributed by atoms with Gasteiger partial charge in [-0.15, -0.1) is 0 Å². The number of phosphoric ester groups is 2. The van der Waals surface area contributed by atoms with Crippen LogP contribution in [0.25, 0.3) is 0 Å². The van der Waals surface area contributed by atoms with Crippen LogP contribution in [-0.2, 0) is 65.4 Å². The van der Waals surface area contributed by atoms with Gasteiger partial charge in [-0.2, -0.15) is 0 Å². The molecule has 0 spiro atoms. The first kappa shape index (κ1) is 89.1. The maximum Gasteiger partial charge on any atom is 0.472 e. The molecule has 3 N–H and O–H groups in total. The predicted octanol–water partition coefficient (Wildman–Crippen LogP) is 21.1. The number of esters is 4. The summed E-state index contributed by atoms with van der Waals surface area (Å²) in [6.07, 6.45) is 55.6. The van der Waals surface area contributed by atoms with Gasteiger partial charge in [-0.25, -0.2) is 9.13 Å². The lowest BCUT2D eigenvalue weighted by Gasteiger charge is -2.21. The Kier molecular flexibility index (Phi) is 65.2. The summed E-state index contributed by atoms with van der Waals surface area (Å²) in [4.78, 5) is 72.5. The maximum atomic E-state index is 13.0. The van der Waals surface area contributed by atoms with Crippen molar-refractivity contribution in [3.05, 3.63) is 0 Å². The van der Waals surface area contributed by atoms with E-state index in [1.807, 2.05) is 0 Å². The van der Waals surface area contributed by atoms with Gasteiger partial charge in [0.15, 0.2) is 12.2 Å². The molecule has 17 nitrogen and oxygen atoms in total. The second-order valence-corrected chi connectivity index (χ2v) is 28.9. The molecule has 0 saturated carbocycles. The second-order valence-electron chi connectivity index (χ2n) is 26.0. The first-order chi connectivity index (χ1) is 44.2. The molecule has 0 fully saturated rings. The van der Waals surface area contributed by atoms with Gasteiger partial charge in [-0.05, 0) is 25.7 Å². The number of carbonyl (C=O) groups excluding carboxylic acids is 4. The zero-order valence-corrected chi connectivity index (χ0v) is 60.6. The summed E-state index contributed by atoms with van der Waals surface area (Å²) in [6, 6.07) is 0. The SMILES string of the molecule is CCCCCCCCCCCCCCCCCCCCCC(=O)O[C@H](COC(=O)CCCCCCCCCCCCCCCCC)COP(=O)(O)OC[C@@H](O)COP(=O)(O)OC[C@@H](COC(=O)CCCCCCCCCC)OC(=O)CCCCCCCCCCC. The van der Waals surface area contributed by atoms with Crippen molar-refractivity contribution in [1.29, 1.82) is 0 Å². The highest BCUT2D eigenvalue weighted by atomic mass is 31.2. The molecule has 0 aromatic heterocycles. The summed E-state index contributed by atoms with van der Waals surface area (Å²) in [7, 11) is -9.89. The van der Waals surface area contributed by atoms with Crippen LogP contribution in [0.2, 0.25) is 0 Å². The summed E-state index contributed by atoms with van der Waals surface area (Å²) in [5.74, 6) is -2.12. The number of rotatable bonds is 73. The van der Waals surface area contributed by atoms with E-state index in [0.29, 0.717) is 25.7 Å². The van der Waals surface area contributed by atoms with E-state index < -0.39 is 97.5 Å². The third kappa shape index (κ3) is 66.5. The number of ether oxygens (including phenoxy) is 4. The van der Waals surface area contributed by atoms with E-state index in [9.17, 15) is 43.2 Å². The van der Waals surface area contributed by atoms with Crippen LogP contribution in [0.4, 0.5) is 0 Å². The van der Waals surface area contributed by atoms with Gasteiger partial charge < -0.3 is 33.8 Å². The van der Waals surface area contributed by atoms with Crippen LogP contribution in [0.1, 0.15) is 381 Å². The Hall–Kier alpha value is -1.94. The van der Waals surface area contributed by atoms with Crippen molar-refractivity contribution in [1.82, 2.24) is 0 Å². The summed E-state index contributed by atoms with van der Waals surface area (Å²) in [5, 5.41) is 10.6. The minimum atomic E-state index is -4.95. The van der Waals surface area contributed by atoms with Crippen LogP contribution < -0.4 is 0 Å². The Bertz CT molecular complexity index is 1740. The fourth-order valence-corrected chi connectivity index (χ4v) is 12.6. The molecule has 0 aromatic rings. The van der Waals surface area contributed by atoms with E-state index in [1.165, 1.54) is 205 Å². The van der Waals surface area contributed by atoms with Crippen molar-refractivity contribution < 1.29 is 80.2 Å². The van der Waals surface area contributed by atoms with Crippen LogP contribution in [0.5, 0.6) is 0 Å². The molecule has 0 heterocycles. The van der Waals surface area contributed by atoms with E-state index in [4.69, 9.17) is 37.0 Å². The van der Waals surface area contributed by atoms with Crippen molar-refractivity contribution >= 4 is 39.5 Å². The topological polar surface area (TPSA) is 237 Å². The molecular formula is C72H140O17P2. The predicted molar refractivity (Wildman–Crippen MR) is 368 cm³/mol. The van der Waals surface area contributed by atoms with Gasteiger partial charge in [0.25, 0.3) is 0 Å². The van der Waals surface area contributed by atoms with Crippen molar-refractivity contribution in [2.75, 3.05) is 39.6 Å². The maximum absolute atomic E-state index is 13.0. The Morgan fingerprint density at radius 1 is 0.264 bits per heavy atom. The van der Waals surface area contributed by atoms with Crippen LogP contribution in [0.3, 0.4) is 0 Å². The normalized spacial score (nSPS) is 14.0. The van der Waals surface area contributed by atoms with Gasteiger partial charge in [-0.3, -0.25) is 37.3 Å². The van der Waals surface area contributed by atoms with Crippen molar-refractivity contribution in [3.8, 4) is 0 Å². The first-order valence-corrected chi connectivity index (χ1v) is 40.8. The van der Waals surface area contributed by atoms with E-state index in [2.05, 4.69) is 27.7 Å². The summed E-state index contributed by atoms with van der Waals surface area (Å²) >= 11 is 0. The molecule has 540 valence electrons. The molecule has 0 aromatic carbocycles. The van der Waals surface area contributed by atoms with Crippen LogP contribution in [-0.4, -0.2) is 96.7 Å². The highest BCUT2D eigenvalue weighted by molar-refractivity contribution is 7.47. The Morgan fingerprint density at radius 2 is 0.440 bits per heavy atom. The quantitative estimate of drug-likeness (QED) is 0.0222. The fourth-order valence-electron chi connectivity index (χ4n) is 11.0. The summed E-state index contributed by atoms with van der Waals surface area (Å²) in [6.45, 7) is 4.92. The molecule has 5 atom stereocenters. The van der Waals surface area contributed by atoms with Crippen LogP contribution in [0, 0.1) is 0 Å². The molecule has 0 saturated heterocycles. The smallest absolute Gasteiger partial charge is 0.462 e. The number of phosphoric acid groups is 2. The van der Waals surface area contributed by atoms with Gasteiger partial charge in [0.05, 0.1) is 26.4 Å². The van der Waals surface area contributed by atoms with Crippen LogP contribution >= 0.6 is 15.6 Å². The lowest BCUT2D eigenvalue weighted by Crippen LogP contribution is -2.30. The molecule has 0 rings (SSSR count). The Balaban J connectivity index is 5.17. The average Bonchev–Trinajstić information content (AvgIpc) is 3.68. The molecule has 0 bridgehead atoms. The number of hydrogen-bond acceptors (Lipinski definition) is 15. The summed E-state index contributed by atoms with van der Waals surface area (Å²) in [5.41, 5.74) is 0. The standard InChI is InChI=1S/C72H140O17P2/c1-5-9-13-17-21-25-27-29-31-32-33-34-36-38-40-43-47-51-55-59-72(77)89-68(63-83-70(75)57-53-49-45-42-39-37-35-30-28-26-22-18-14-10-6-2)65-87-91(80,81)85-61-66(73)60-84-90(78,79)86-64-67(62-82-69(74)56-52-48-44-24-20-16-12-8-4)88-71(76)58-54-50-46-41-23-19-15-11-7-3/h66-68,73H,5-65H2,1-4H3,(H,78,79)(H,80,81)/t66-,67+,68+/m0/s1. The zero-order chi connectivity index (χ0) is 66.8. The van der Waals surface area contributed by atoms with Crippen molar-refractivity contribution in [3.63, 3.8) is 0 Å². The fraction of sp³-hybridized carbons (Fsp3) is 0.944. The second kappa shape index (κ2) is 66.7. The number of aliphatic hydroxyl groups is 1. The molecule has 0 amide bonds. The minimum absolute atomic E-state index is 0.106. The third-order valence-corrected chi connectivity index (χ3v) is 18.8. The highest BCUT2D eigenvalue weighted by Crippen LogP contribution is 2.45. The summed E-state index contributed by atoms with van der Waals surface area (Å²) < 4.78 is 68.2. The molecule has 0 aliphatic carbocycles. The molecule has 0 aliphatic rings. The van der Waals surface area contributed by atoms with E-state index in [0.717, 1.165) is 96.3 Å². The number of hydrogen-bond donors (Lipinski definition) is 3. The molecule has 91 heavy (non-hydrogen) atoms. The van der Waals surface area contributed by atoms with Gasteiger partial charge in [0.2, 0.25) is 0 Å². The van der Waals surface area contributed by atoms with Gasteiger partial charge in [0, 0.05) is 25.7 Å². The third-order valence-electron chi connectivity index (χ3n) is 16.9. The van der Waals surface area contributed by atoms with Gasteiger partial charge in [0.1, 0.15) is 19.3 Å². The lowest BCUT2D eigenvalue weighted by molar-refractivity contribution is -0.161. The number of aliphatic hydroxyl groups excluding tert-OH is 1. The molecule has 2 unspecified atom stereocenters. The largest absolute Gasteiger partial charge is 0.472 e. The lowest BCUT2D eigenvalue weighted by atomic mass is 10.0. The van der Waals surface area contributed by atoms with E-state index in [1.54, 1.807) is 0 Å². The Morgan fingerprint density at radius 3 is 0.648 bits per heavy atom. The van der Waals surface area contributed by atoms with Crippen molar-refractivity contribution in [2.45, 2.75) is 399 Å². The molecule has 0 aliphatic heterocycles. The van der Waals surface area contributed by atoms with E-state index in [-0.39, 0.29) is 25.7 Å². The Labute approximate surface area is 556 Å². The monoisotopic (exact) mass is 1340 g/mol. The minimum Gasteiger partial charge on any atom is -0.462 e. The zero-order valence-electron chi connectivity index (χ0n) is 58.8. The van der Waals surface area contributed by atoms with Gasteiger partial charge in [-0.1, -0.05) is 329 Å². The van der Waals surface area contributed by atoms with Gasteiger partial charge >= 0.3 is 39.5 Å².